The number of nitrogens with zero attached hydrogens (tertiary/aromatic N) is 3. The van der Waals surface area contributed by atoms with Gasteiger partial charge in [-0.2, -0.15) is 13.2 Å². The van der Waals surface area contributed by atoms with Gasteiger partial charge < -0.3 is 9.15 Å². The molecule has 0 radical (unpaired) electrons. The second kappa shape index (κ2) is 8.01. The van der Waals surface area contributed by atoms with Crippen LogP contribution in [0.3, 0.4) is 0 Å². The molecule has 0 aliphatic carbocycles. The molecule has 9 heteroatoms. The van der Waals surface area contributed by atoms with Crippen molar-refractivity contribution >= 4 is 12.2 Å². The molecule has 0 saturated carbocycles. The molecule has 0 N–H and O–H groups in total. The topological polar surface area (TPSA) is 43.4 Å². The predicted molar refractivity (Wildman–Crippen MR) is 89.8 cm³/mol. The largest absolute Gasteiger partial charge is 0.496 e. The Hall–Kier alpha value is -1.87. The minimum absolute atomic E-state index is 0.0110. The number of aromatic nitrogens is 2. The van der Waals surface area contributed by atoms with Crippen LogP contribution in [0, 0.1) is 10.8 Å². The van der Waals surface area contributed by atoms with Crippen LogP contribution in [0.4, 0.5) is 13.2 Å². The highest BCUT2D eigenvalue weighted by atomic mass is 32.1. The Kier molecular flexibility index (Phi) is 6.23. The molecule has 0 amide bonds. The fourth-order valence-corrected chi connectivity index (χ4v) is 2.63. The molecule has 0 saturated heterocycles. The zero-order valence-electron chi connectivity index (χ0n) is 14.2. The molecule has 138 valence electrons. The molecule has 1 heterocycles. The van der Waals surface area contributed by atoms with Crippen LogP contribution in [0.5, 0.6) is 5.75 Å². The predicted octanol–water partition coefficient (Wildman–Crippen LogP) is 4.36. The Balaban J connectivity index is 2.27. The highest BCUT2D eigenvalue weighted by Gasteiger charge is 2.31. The van der Waals surface area contributed by atoms with Crippen LogP contribution in [-0.2, 0) is 6.67 Å². The van der Waals surface area contributed by atoms with Crippen molar-refractivity contribution in [3.05, 3.63) is 29.1 Å². The summed E-state index contributed by atoms with van der Waals surface area (Å²) in [4.78, 5) is 1.26. The second-order valence-electron chi connectivity index (χ2n) is 6.03. The van der Waals surface area contributed by atoms with Gasteiger partial charge >= 0.3 is 6.18 Å². The van der Waals surface area contributed by atoms with E-state index < -0.39 is 12.7 Å². The number of ether oxygens (including phenoxy) is 1. The summed E-state index contributed by atoms with van der Waals surface area (Å²) in [6.45, 7) is 2.83. The molecule has 0 bridgehead atoms. The molecule has 0 spiro atoms. The zero-order valence-corrected chi connectivity index (χ0v) is 15.0. The molecule has 0 fully saturated rings. The van der Waals surface area contributed by atoms with E-state index in [9.17, 15) is 13.2 Å². The molecular formula is C16H20F3N3O2S. The lowest BCUT2D eigenvalue weighted by molar-refractivity contribution is -0.151. The molecule has 0 aliphatic rings. The molecule has 1 aromatic heterocycles. The molecule has 2 aromatic rings. The fraction of sp³-hybridized carbons (Fsp3) is 0.500. The third kappa shape index (κ3) is 5.57. The van der Waals surface area contributed by atoms with Crippen LogP contribution in [0.25, 0.3) is 11.5 Å². The molecule has 0 unspecified atom stereocenters. The number of benzene rings is 1. The Morgan fingerprint density at radius 3 is 2.60 bits per heavy atom. The molecule has 25 heavy (non-hydrogen) atoms. The summed E-state index contributed by atoms with van der Waals surface area (Å²) in [7, 11) is 1.51. The van der Waals surface area contributed by atoms with E-state index in [2.05, 4.69) is 5.10 Å². The smallest absolute Gasteiger partial charge is 0.401 e. The van der Waals surface area contributed by atoms with Crippen molar-refractivity contribution in [3.8, 4) is 17.2 Å². The maximum atomic E-state index is 12.8. The standard InChI is InChI=1S/C16H20F3N3O2S/c1-11(2)8-21(9-16(17,18)19)10-22-15(25)24-14(20-22)12-6-4-5-7-13(12)23-3/h4-7,11H,8-10H2,1-3H3. The summed E-state index contributed by atoms with van der Waals surface area (Å²) in [6, 6.07) is 7.05. The van der Waals surface area contributed by atoms with Gasteiger partial charge in [-0.05, 0) is 30.3 Å². The maximum Gasteiger partial charge on any atom is 0.401 e. The number of methoxy groups -OCH3 is 1. The van der Waals surface area contributed by atoms with Gasteiger partial charge in [0.2, 0.25) is 0 Å². The number of para-hydroxylation sites is 1. The summed E-state index contributed by atoms with van der Waals surface area (Å²) in [5, 5.41) is 4.22. The first-order chi connectivity index (χ1) is 11.7. The Labute approximate surface area is 149 Å². The van der Waals surface area contributed by atoms with Crippen LogP contribution in [0.2, 0.25) is 0 Å². The first-order valence-corrected chi connectivity index (χ1v) is 8.11. The first kappa shape index (κ1) is 19.5. The van der Waals surface area contributed by atoms with Crippen molar-refractivity contribution in [1.29, 1.82) is 0 Å². The van der Waals surface area contributed by atoms with Crippen molar-refractivity contribution in [2.75, 3.05) is 20.2 Å². The normalized spacial score (nSPS) is 12.2. The van der Waals surface area contributed by atoms with E-state index in [-0.39, 0.29) is 29.9 Å². The molecule has 0 atom stereocenters. The minimum atomic E-state index is -4.30. The monoisotopic (exact) mass is 375 g/mol. The van der Waals surface area contributed by atoms with Crippen molar-refractivity contribution in [1.82, 2.24) is 14.7 Å². The lowest BCUT2D eigenvalue weighted by atomic mass is 10.2. The summed E-state index contributed by atoms with van der Waals surface area (Å²) < 4.78 is 50.3. The van der Waals surface area contributed by atoms with Crippen LogP contribution >= 0.6 is 12.2 Å². The number of rotatable bonds is 7. The van der Waals surface area contributed by atoms with Gasteiger partial charge in [0.15, 0.2) is 0 Å². The van der Waals surface area contributed by atoms with E-state index in [0.29, 0.717) is 11.3 Å². The Morgan fingerprint density at radius 2 is 2.00 bits per heavy atom. The average molecular weight is 375 g/mol. The van der Waals surface area contributed by atoms with E-state index in [4.69, 9.17) is 21.4 Å². The number of alkyl halides is 3. The third-order valence-corrected chi connectivity index (χ3v) is 3.60. The fourth-order valence-electron chi connectivity index (χ4n) is 2.46. The molecule has 1 aromatic carbocycles. The van der Waals surface area contributed by atoms with Gasteiger partial charge in [-0.1, -0.05) is 26.0 Å². The average Bonchev–Trinajstić information content (AvgIpc) is 2.85. The lowest BCUT2D eigenvalue weighted by Crippen LogP contribution is -2.38. The summed E-state index contributed by atoms with van der Waals surface area (Å²) in [5.41, 5.74) is 0.584. The summed E-state index contributed by atoms with van der Waals surface area (Å²) in [5.74, 6) is 0.816. The van der Waals surface area contributed by atoms with Crippen LogP contribution in [0.15, 0.2) is 28.7 Å². The van der Waals surface area contributed by atoms with Gasteiger partial charge in [-0.25, -0.2) is 4.68 Å². The molecule has 0 aliphatic heterocycles. The Bertz CT molecular complexity index is 756. The SMILES string of the molecule is COc1ccccc1-c1nn(CN(CC(C)C)CC(F)(F)F)c(=S)o1. The molecule has 5 nitrogen and oxygen atoms in total. The van der Waals surface area contributed by atoms with Gasteiger partial charge in [-0.15, -0.1) is 5.10 Å². The summed E-state index contributed by atoms with van der Waals surface area (Å²) in [6.07, 6.45) is -4.30. The van der Waals surface area contributed by atoms with Gasteiger partial charge in [0.05, 0.1) is 25.9 Å². The van der Waals surface area contributed by atoms with Crippen LogP contribution < -0.4 is 4.74 Å². The number of hydrogen-bond donors (Lipinski definition) is 0. The van der Waals surface area contributed by atoms with Crippen LogP contribution in [0.1, 0.15) is 13.8 Å². The molecule has 2 rings (SSSR count). The van der Waals surface area contributed by atoms with E-state index in [1.54, 1.807) is 24.3 Å². The van der Waals surface area contributed by atoms with E-state index in [1.807, 2.05) is 13.8 Å². The van der Waals surface area contributed by atoms with Gasteiger partial charge in [0.1, 0.15) is 5.75 Å². The number of hydrogen-bond acceptors (Lipinski definition) is 5. The Morgan fingerprint density at radius 1 is 1.32 bits per heavy atom. The highest BCUT2D eigenvalue weighted by molar-refractivity contribution is 7.71. The highest BCUT2D eigenvalue weighted by Crippen LogP contribution is 2.28. The van der Waals surface area contributed by atoms with E-state index >= 15 is 0 Å². The van der Waals surface area contributed by atoms with Crippen molar-refractivity contribution in [3.63, 3.8) is 0 Å². The van der Waals surface area contributed by atoms with Crippen molar-refractivity contribution < 1.29 is 22.3 Å². The van der Waals surface area contributed by atoms with Gasteiger partial charge in [0, 0.05) is 6.54 Å². The van der Waals surface area contributed by atoms with Gasteiger partial charge in [-0.3, -0.25) is 4.90 Å². The molecular weight excluding hydrogens is 355 g/mol. The zero-order chi connectivity index (χ0) is 18.6. The maximum absolute atomic E-state index is 12.8. The first-order valence-electron chi connectivity index (χ1n) is 7.70. The van der Waals surface area contributed by atoms with Crippen molar-refractivity contribution in [2.45, 2.75) is 26.7 Å². The second-order valence-corrected chi connectivity index (χ2v) is 6.38. The van der Waals surface area contributed by atoms with Gasteiger partial charge in [0.25, 0.3) is 10.7 Å². The third-order valence-electron chi connectivity index (χ3n) is 3.30. The summed E-state index contributed by atoms with van der Waals surface area (Å²) >= 11 is 5.11. The minimum Gasteiger partial charge on any atom is -0.496 e. The van der Waals surface area contributed by atoms with E-state index in [0.717, 1.165) is 0 Å². The van der Waals surface area contributed by atoms with E-state index in [1.165, 1.54) is 16.7 Å². The quantitative estimate of drug-likeness (QED) is 0.673. The number of halogens is 3. The van der Waals surface area contributed by atoms with Crippen molar-refractivity contribution in [2.24, 2.45) is 5.92 Å². The lowest BCUT2D eigenvalue weighted by Gasteiger charge is -2.24. The van der Waals surface area contributed by atoms with Crippen LogP contribution in [-0.4, -0.2) is 41.1 Å².